The largest absolute Gasteiger partial charge is 0.388 e. The minimum atomic E-state index is -0.395. The van der Waals surface area contributed by atoms with Gasteiger partial charge < -0.3 is 10.0 Å². The van der Waals surface area contributed by atoms with Gasteiger partial charge in [0.2, 0.25) is 5.91 Å². The molecule has 3 rings (SSSR count). The van der Waals surface area contributed by atoms with Crippen molar-refractivity contribution < 1.29 is 9.90 Å². The molecule has 1 aliphatic carbocycles. The summed E-state index contributed by atoms with van der Waals surface area (Å²) < 4.78 is 0. The Kier molecular flexibility index (Phi) is 5.14. The number of carbonyl (C=O) groups excluding carboxylic acids is 1. The lowest BCUT2D eigenvalue weighted by atomic mass is 9.85. The van der Waals surface area contributed by atoms with Crippen LogP contribution in [-0.2, 0) is 4.79 Å². The average Bonchev–Trinajstić information content (AvgIpc) is 2.62. The first-order chi connectivity index (χ1) is 10.8. The molecule has 2 fully saturated rings. The molecule has 3 nitrogen and oxygen atoms in total. The molecule has 2 aliphatic rings. The Bertz CT molecular complexity index is 473. The monoisotopic (exact) mass is 301 g/mol. The lowest BCUT2D eigenvalue weighted by Crippen LogP contribution is -2.43. The number of benzene rings is 1. The average molecular weight is 301 g/mol. The first-order valence-corrected chi connectivity index (χ1v) is 8.77. The second kappa shape index (κ2) is 7.28. The first kappa shape index (κ1) is 15.5. The van der Waals surface area contributed by atoms with E-state index in [1.165, 1.54) is 19.3 Å². The van der Waals surface area contributed by atoms with E-state index in [4.69, 9.17) is 0 Å². The van der Waals surface area contributed by atoms with E-state index in [0.29, 0.717) is 5.91 Å². The molecule has 1 aromatic carbocycles. The topological polar surface area (TPSA) is 40.5 Å². The third-order valence-electron chi connectivity index (χ3n) is 5.39. The number of amides is 1. The van der Waals surface area contributed by atoms with Gasteiger partial charge in [-0.05, 0) is 37.2 Å². The number of aliphatic hydroxyl groups excluding tert-OH is 1. The van der Waals surface area contributed by atoms with Gasteiger partial charge in [0.05, 0.1) is 6.10 Å². The molecule has 0 bridgehead atoms. The van der Waals surface area contributed by atoms with Crippen molar-refractivity contribution in [3.8, 4) is 0 Å². The third-order valence-corrected chi connectivity index (χ3v) is 5.39. The molecule has 3 heteroatoms. The SMILES string of the molecule is O=C(C1CCCCC1)N1CCC(C(O)c2ccccc2)CC1. The second-order valence-corrected chi connectivity index (χ2v) is 6.85. The van der Waals surface area contributed by atoms with E-state index in [0.717, 1.165) is 44.3 Å². The summed E-state index contributed by atoms with van der Waals surface area (Å²) >= 11 is 0. The number of carbonyl (C=O) groups is 1. The maximum absolute atomic E-state index is 12.6. The summed E-state index contributed by atoms with van der Waals surface area (Å²) in [5, 5.41) is 10.5. The van der Waals surface area contributed by atoms with E-state index < -0.39 is 6.10 Å². The van der Waals surface area contributed by atoms with Crippen molar-refractivity contribution in [2.24, 2.45) is 11.8 Å². The van der Waals surface area contributed by atoms with Crippen molar-refractivity contribution in [2.75, 3.05) is 13.1 Å². The van der Waals surface area contributed by atoms with Gasteiger partial charge in [-0.3, -0.25) is 4.79 Å². The van der Waals surface area contributed by atoms with Crippen molar-refractivity contribution in [1.82, 2.24) is 4.90 Å². The fourth-order valence-corrected chi connectivity index (χ4v) is 3.97. The predicted octanol–water partition coefficient (Wildman–Crippen LogP) is 3.54. The zero-order chi connectivity index (χ0) is 15.4. The van der Waals surface area contributed by atoms with Gasteiger partial charge in [0.1, 0.15) is 0 Å². The molecule has 1 saturated carbocycles. The molecule has 0 spiro atoms. The number of hydrogen-bond donors (Lipinski definition) is 1. The smallest absolute Gasteiger partial charge is 0.225 e. The van der Waals surface area contributed by atoms with Crippen LogP contribution in [0.25, 0.3) is 0 Å². The summed E-state index contributed by atoms with van der Waals surface area (Å²) in [4.78, 5) is 14.6. The summed E-state index contributed by atoms with van der Waals surface area (Å²) in [5.41, 5.74) is 1.000. The van der Waals surface area contributed by atoms with Crippen LogP contribution in [0.3, 0.4) is 0 Å². The van der Waals surface area contributed by atoms with Crippen LogP contribution in [0.1, 0.15) is 56.6 Å². The van der Waals surface area contributed by atoms with Crippen molar-refractivity contribution in [3.05, 3.63) is 35.9 Å². The Morgan fingerprint density at radius 1 is 1.00 bits per heavy atom. The highest BCUT2D eigenvalue weighted by Crippen LogP contribution is 2.32. The van der Waals surface area contributed by atoms with Gasteiger partial charge in [-0.2, -0.15) is 0 Å². The highest BCUT2D eigenvalue weighted by atomic mass is 16.3. The normalized spacial score (nSPS) is 22.5. The number of rotatable bonds is 3. The zero-order valence-electron chi connectivity index (χ0n) is 13.3. The second-order valence-electron chi connectivity index (χ2n) is 6.85. The molecule has 1 atom stereocenters. The molecular weight excluding hydrogens is 274 g/mol. The van der Waals surface area contributed by atoms with Crippen LogP contribution in [-0.4, -0.2) is 29.0 Å². The van der Waals surface area contributed by atoms with Crippen LogP contribution in [0.15, 0.2) is 30.3 Å². The maximum atomic E-state index is 12.6. The quantitative estimate of drug-likeness (QED) is 0.927. The minimum Gasteiger partial charge on any atom is -0.388 e. The zero-order valence-corrected chi connectivity index (χ0v) is 13.3. The fraction of sp³-hybridized carbons (Fsp3) is 0.632. The van der Waals surface area contributed by atoms with Crippen molar-refractivity contribution in [1.29, 1.82) is 0 Å². The number of piperidine rings is 1. The van der Waals surface area contributed by atoms with Crippen molar-refractivity contribution in [3.63, 3.8) is 0 Å². The molecule has 0 aromatic heterocycles. The molecule has 1 aromatic rings. The molecule has 1 N–H and O–H groups in total. The molecule has 1 saturated heterocycles. The summed E-state index contributed by atoms with van der Waals surface area (Å²) in [5.74, 6) is 0.912. The van der Waals surface area contributed by atoms with Crippen molar-refractivity contribution in [2.45, 2.75) is 51.0 Å². The molecule has 1 unspecified atom stereocenters. The van der Waals surface area contributed by atoms with Crippen LogP contribution in [0.2, 0.25) is 0 Å². The van der Waals surface area contributed by atoms with Gasteiger partial charge in [-0.1, -0.05) is 49.6 Å². The standard InChI is InChI=1S/C19H27NO2/c21-18(15-7-3-1-4-8-15)16-11-13-20(14-12-16)19(22)17-9-5-2-6-10-17/h1,3-4,7-8,16-18,21H,2,5-6,9-14H2. The molecule has 0 radical (unpaired) electrons. The predicted molar refractivity (Wildman–Crippen MR) is 87.3 cm³/mol. The number of aliphatic hydroxyl groups is 1. The molecule has 120 valence electrons. The molecule has 22 heavy (non-hydrogen) atoms. The highest BCUT2D eigenvalue weighted by Gasteiger charge is 2.31. The molecule has 1 aliphatic heterocycles. The Morgan fingerprint density at radius 2 is 1.64 bits per heavy atom. The van der Waals surface area contributed by atoms with E-state index in [-0.39, 0.29) is 11.8 Å². The Hall–Kier alpha value is -1.35. The third kappa shape index (κ3) is 3.52. The van der Waals surface area contributed by atoms with E-state index in [1.54, 1.807) is 0 Å². The van der Waals surface area contributed by atoms with Crippen LogP contribution >= 0.6 is 0 Å². The molecule has 1 heterocycles. The Labute approximate surface area is 133 Å². The molecular formula is C19H27NO2. The Balaban J connectivity index is 1.52. The number of nitrogens with zero attached hydrogens (tertiary/aromatic N) is 1. The minimum absolute atomic E-state index is 0.268. The van der Waals surface area contributed by atoms with Crippen molar-refractivity contribution >= 4 is 5.91 Å². The Morgan fingerprint density at radius 3 is 2.27 bits per heavy atom. The van der Waals surface area contributed by atoms with Crippen LogP contribution in [0.4, 0.5) is 0 Å². The van der Waals surface area contributed by atoms with Gasteiger partial charge in [0.15, 0.2) is 0 Å². The van der Waals surface area contributed by atoms with Gasteiger partial charge in [0.25, 0.3) is 0 Å². The van der Waals surface area contributed by atoms with Gasteiger partial charge in [-0.25, -0.2) is 0 Å². The van der Waals surface area contributed by atoms with E-state index in [1.807, 2.05) is 35.2 Å². The fourth-order valence-electron chi connectivity index (χ4n) is 3.97. The van der Waals surface area contributed by atoms with E-state index >= 15 is 0 Å². The summed E-state index contributed by atoms with van der Waals surface area (Å²) in [7, 11) is 0. The lowest BCUT2D eigenvalue weighted by molar-refractivity contribution is -0.138. The number of hydrogen-bond acceptors (Lipinski definition) is 2. The van der Waals surface area contributed by atoms with Gasteiger partial charge >= 0.3 is 0 Å². The highest BCUT2D eigenvalue weighted by molar-refractivity contribution is 5.79. The van der Waals surface area contributed by atoms with Gasteiger partial charge in [0, 0.05) is 19.0 Å². The summed E-state index contributed by atoms with van der Waals surface area (Å²) in [6.45, 7) is 1.62. The van der Waals surface area contributed by atoms with Crippen LogP contribution in [0.5, 0.6) is 0 Å². The maximum Gasteiger partial charge on any atom is 0.225 e. The first-order valence-electron chi connectivity index (χ1n) is 8.77. The summed E-state index contributed by atoms with van der Waals surface area (Å²) in [6, 6.07) is 9.90. The summed E-state index contributed by atoms with van der Waals surface area (Å²) in [6.07, 6.45) is 7.28. The van der Waals surface area contributed by atoms with E-state index in [9.17, 15) is 9.90 Å². The van der Waals surface area contributed by atoms with Crippen LogP contribution < -0.4 is 0 Å². The van der Waals surface area contributed by atoms with Gasteiger partial charge in [-0.15, -0.1) is 0 Å². The lowest BCUT2D eigenvalue weighted by Gasteiger charge is -2.36. The molecule has 1 amide bonds. The van der Waals surface area contributed by atoms with Crippen LogP contribution in [0, 0.1) is 11.8 Å². The van der Waals surface area contributed by atoms with E-state index in [2.05, 4.69) is 0 Å². The number of likely N-dealkylation sites (tertiary alicyclic amines) is 1.